The highest BCUT2D eigenvalue weighted by Crippen LogP contribution is 2.32. The zero-order valence-corrected chi connectivity index (χ0v) is 13.2. The number of hydrogen-bond donors (Lipinski definition) is 0. The second-order valence-corrected chi connectivity index (χ2v) is 5.62. The van der Waals surface area contributed by atoms with E-state index in [-0.39, 0.29) is 5.43 Å². The third-order valence-corrected chi connectivity index (χ3v) is 3.71. The molecule has 3 rings (SSSR count). The molecular weight excluding hydrogens is 358 g/mol. The molecule has 2 aromatic heterocycles. The average Bonchev–Trinajstić information content (AvgIpc) is 2.48. The Bertz CT molecular complexity index is 892. The fraction of sp³-hybridized carbons (Fsp3) is 0.0667. The molecule has 1 aromatic carbocycles. The summed E-state index contributed by atoms with van der Waals surface area (Å²) in [5.74, 6) is 0.809. The summed E-state index contributed by atoms with van der Waals surface area (Å²) >= 11 is 9.42. The maximum absolute atomic E-state index is 12.2. The summed E-state index contributed by atoms with van der Waals surface area (Å²) in [4.78, 5) is 16.4. The van der Waals surface area contributed by atoms with Crippen LogP contribution in [-0.4, -0.2) is 12.1 Å². The number of halogens is 2. The van der Waals surface area contributed by atoms with Crippen LogP contribution in [0.4, 0.5) is 0 Å². The standard InChI is InChI=1S/C15H9BrClNO3/c1-20-12-5-8(16)7-18-14(12)13-6-11(19)9-3-2-4-10(17)15(9)21-13/h2-7H,1H3. The van der Waals surface area contributed by atoms with Crippen molar-refractivity contribution in [1.82, 2.24) is 4.98 Å². The van der Waals surface area contributed by atoms with Crippen molar-refractivity contribution in [2.45, 2.75) is 0 Å². The number of nitrogens with zero attached hydrogens (tertiary/aromatic N) is 1. The highest BCUT2D eigenvalue weighted by Gasteiger charge is 2.14. The van der Waals surface area contributed by atoms with E-state index in [4.69, 9.17) is 20.8 Å². The highest BCUT2D eigenvalue weighted by molar-refractivity contribution is 9.10. The van der Waals surface area contributed by atoms with Crippen LogP contribution in [-0.2, 0) is 0 Å². The van der Waals surface area contributed by atoms with Crippen molar-refractivity contribution in [1.29, 1.82) is 0 Å². The van der Waals surface area contributed by atoms with E-state index < -0.39 is 0 Å². The monoisotopic (exact) mass is 365 g/mol. The Labute approximate surface area is 133 Å². The highest BCUT2D eigenvalue weighted by atomic mass is 79.9. The van der Waals surface area contributed by atoms with Crippen LogP contribution in [0.3, 0.4) is 0 Å². The van der Waals surface area contributed by atoms with Gasteiger partial charge >= 0.3 is 0 Å². The molecule has 0 amide bonds. The smallest absolute Gasteiger partial charge is 0.193 e. The number of pyridine rings is 1. The number of para-hydroxylation sites is 1. The van der Waals surface area contributed by atoms with Gasteiger partial charge in [-0.2, -0.15) is 0 Å². The number of methoxy groups -OCH3 is 1. The molecule has 0 fully saturated rings. The Kier molecular flexibility index (Phi) is 3.69. The molecule has 0 saturated heterocycles. The van der Waals surface area contributed by atoms with E-state index in [2.05, 4.69) is 20.9 Å². The number of fused-ring (bicyclic) bond motifs is 1. The molecule has 106 valence electrons. The van der Waals surface area contributed by atoms with Crippen molar-refractivity contribution in [3.8, 4) is 17.2 Å². The van der Waals surface area contributed by atoms with E-state index in [9.17, 15) is 4.79 Å². The fourth-order valence-corrected chi connectivity index (χ4v) is 2.54. The number of hydrogen-bond acceptors (Lipinski definition) is 4. The molecule has 0 aliphatic carbocycles. The maximum Gasteiger partial charge on any atom is 0.193 e. The molecule has 2 heterocycles. The molecule has 0 aliphatic rings. The molecular formula is C15H9BrClNO3. The third-order valence-electron chi connectivity index (χ3n) is 2.98. The van der Waals surface area contributed by atoms with Crippen molar-refractivity contribution in [3.05, 3.63) is 56.2 Å². The van der Waals surface area contributed by atoms with Crippen molar-refractivity contribution in [2.75, 3.05) is 7.11 Å². The maximum atomic E-state index is 12.2. The number of aromatic nitrogens is 1. The Morgan fingerprint density at radius 2 is 2.14 bits per heavy atom. The van der Waals surface area contributed by atoms with Crippen molar-refractivity contribution in [2.24, 2.45) is 0 Å². The van der Waals surface area contributed by atoms with Crippen LogP contribution < -0.4 is 10.2 Å². The van der Waals surface area contributed by atoms with Gasteiger partial charge in [0.15, 0.2) is 16.8 Å². The van der Waals surface area contributed by atoms with E-state index in [1.165, 1.54) is 13.2 Å². The van der Waals surface area contributed by atoms with Gasteiger partial charge in [0, 0.05) is 16.7 Å². The van der Waals surface area contributed by atoms with Crippen molar-refractivity contribution < 1.29 is 9.15 Å². The van der Waals surface area contributed by atoms with Crippen LogP contribution in [0.15, 0.2) is 50.2 Å². The van der Waals surface area contributed by atoms with E-state index in [0.717, 1.165) is 4.47 Å². The molecule has 0 saturated carbocycles. The van der Waals surface area contributed by atoms with Gasteiger partial charge < -0.3 is 9.15 Å². The van der Waals surface area contributed by atoms with Crippen LogP contribution in [0.5, 0.6) is 5.75 Å². The lowest BCUT2D eigenvalue weighted by atomic mass is 10.2. The van der Waals surface area contributed by atoms with Gasteiger partial charge in [0.1, 0.15) is 11.4 Å². The first-order valence-corrected chi connectivity index (χ1v) is 7.19. The molecule has 6 heteroatoms. The predicted molar refractivity (Wildman–Crippen MR) is 85.0 cm³/mol. The molecule has 0 atom stereocenters. The van der Waals surface area contributed by atoms with Gasteiger partial charge in [0.05, 0.1) is 17.5 Å². The normalized spacial score (nSPS) is 10.8. The topological polar surface area (TPSA) is 52.3 Å². The molecule has 21 heavy (non-hydrogen) atoms. The van der Waals surface area contributed by atoms with Crippen LogP contribution in [0, 0.1) is 0 Å². The summed E-state index contributed by atoms with van der Waals surface area (Å²) in [6.07, 6.45) is 1.61. The molecule has 0 spiro atoms. The van der Waals surface area contributed by atoms with E-state index in [1.54, 1.807) is 30.5 Å². The Morgan fingerprint density at radius 1 is 1.33 bits per heavy atom. The van der Waals surface area contributed by atoms with E-state index >= 15 is 0 Å². The molecule has 3 aromatic rings. The van der Waals surface area contributed by atoms with Gasteiger partial charge in [0.2, 0.25) is 0 Å². The lowest BCUT2D eigenvalue weighted by Crippen LogP contribution is -2.02. The Hall–Kier alpha value is -1.85. The number of benzene rings is 1. The van der Waals surface area contributed by atoms with Gasteiger partial charge in [-0.1, -0.05) is 17.7 Å². The minimum atomic E-state index is -0.180. The summed E-state index contributed by atoms with van der Waals surface area (Å²) in [6.45, 7) is 0. The fourth-order valence-electron chi connectivity index (χ4n) is 2.02. The van der Waals surface area contributed by atoms with Gasteiger partial charge in [-0.15, -0.1) is 0 Å². The number of rotatable bonds is 2. The van der Waals surface area contributed by atoms with Crippen LogP contribution in [0.2, 0.25) is 5.02 Å². The minimum absolute atomic E-state index is 0.180. The second kappa shape index (κ2) is 5.50. The van der Waals surface area contributed by atoms with Gasteiger partial charge in [-0.3, -0.25) is 4.79 Å². The summed E-state index contributed by atoms with van der Waals surface area (Å²) in [6, 6.07) is 8.18. The SMILES string of the molecule is COc1cc(Br)cnc1-c1cc(=O)c2cccc(Cl)c2o1. The van der Waals surface area contributed by atoms with Crippen molar-refractivity contribution >= 4 is 38.5 Å². The Balaban J connectivity index is 2.31. The second-order valence-electron chi connectivity index (χ2n) is 4.30. The first-order valence-electron chi connectivity index (χ1n) is 6.02. The summed E-state index contributed by atoms with van der Waals surface area (Å²) < 4.78 is 11.8. The molecule has 4 nitrogen and oxygen atoms in total. The third kappa shape index (κ3) is 2.54. The van der Waals surface area contributed by atoms with Gasteiger partial charge in [0.25, 0.3) is 0 Å². The largest absolute Gasteiger partial charge is 0.494 e. The molecule has 0 unspecified atom stereocenters. The zero-order valence-electron chi connectivity index (χ0n) is 10.9. The molecule has 0 radical (unpaired) electrons. The predicted octanol–water partition coefficient (Wildman–Crippen LogP) is 4.28. The molecule has 0 bridgehead atoms. The van der Waals surface area contributed by atoms with Crippen LogP contribution in [0.25, 0.3) is 22.4 Å². The van der Waals surface area contributed by atoms with E-state index in [1.807, 2.05) is 0 Å². The Morgan fingerprint density at radius 3 is 2.90 bits per heavy atom. The first-order chi connectivity index (χ1) is 10.1. The van der Waals surface area contributed by atoms with Gasteiger partial charge in [-0.25, -0.2) is 4.98 Å². The van der Waals surface area contributed by atoms with Crippen molar-refractivity contribution in [3.63, 3.8) is 0 Å². The summed E-state index contributed by atoms with van der Waals surface area (Å²) in [7, 11) is 1.53. The zero-order chi connectivity index (χ0) is 15.0. The lowest BCUT2D eigenvalue weighted by Gasteiger charge is -2.08. The lowest BCUT2D eigenvalue weighted by molar-refractivity contribution is 0.412. The molecule has 0 aliphatic heterocycles. The van der Waals surface area contributed by atoms with Crippen LogP contribution >= 0.6 is 27.5 Å². The number of ether oxygens (including phenoxy) is 1. The quantitative estimate of drug-likeness (QED) is 0.679. The summed E-state index contributed by atoms with van der Waals surface area (Å²) in [5, 5.41) is 0.810. The van der Waals surface area contributed by atoms with Crippen LogP contribution in [0.1, 0.15) is 0 Å². The average molecular weight is 367 g/mol. The molecule has 0 N–H and O–H groups in total. The first kappa shape index (κ1) is 14.1. The van der Waals surface area contributed by atoms with E-state index in [0.29, 0.717) is 33.2 Å². The summed E-state index contributed by atoms with van der Waals surface area (Å²) in [5.41, 5.74) is 0.605. The minimum Gasteiger partial charge on any atom is -0.494 e. The van der Waals surface area contributed by atoms with Gasteiger partial charge in [-0.05, 0) is 34.1 Å².